The Bertz CT molecular complexity index is 4500. The van der Waals surface area contributed by atoms with Crippen LogP contribution in [0, 0.1) is 50.4 Å². The van der Waals surface area contributed by atoms with Crippen LogP contribution in [-0.4, -0.2) is 0 Å². The lowest BCUT2D eigenvalue weighted by atomic mass is 9.82. The summed E-state index contributed by atoms with van der Waals surface area (Å²) in [5.74, 6) is 3.09. The summed E-state index contributed by atoms with van der Waals surface area (Å²) in [5, 5.41) is 32.9. The molecule has 0 fully saturated rings. The molecule has 12 aromatic rings. The number of fused-ring (bicyclic) bond motifs is 11. The van der Waals surface area contributed by atoms with E-state index in [4.69, 9.17) is 9.47 Å². The van der Waals surface area contributed by atoms with Gasteiger partial charge >= 0.3 is 0 Å². The normalized spacial score (nSPS) is 11.9. The van der Waals surface area contributed by atoms with Crippen molar-refractivity contribution in [2.75, 3.05) is 0 Å². The van der Waals surface area contributed by atoms with Gasteiger partial charge in [0.15, 0.2) is 0 Å². The third-order valence-electron chi connectivity index (χ3n) is 15.5. The van der Waals surface area contributed by atoms with E-state index in [0.29, 0.717) is 11.1 Å². The Morgan fingerprint density at radius 1 is 0.292 bits per heavy atom. The molecule has 2 aliphatic carbocycles. The van der Waals surface area contributed by atoms with Crippen molar-refractivity contribution in [2.45, 2.75) is 27.7 Å². The topological polar surface area (TPSA) is 66.0 Å². The first-order chi connectivity index (χ1) is 35.2. The predicted octanol–water partition coefficient (Wildman–Crippen LogP) is 18.6. The third-order valence-corrected chi connectivity index (χ3v) is 15.5. The highest BCUT2D eigenvalue weighted by Crippen LogP contribution is 2.57. The predicted molar refractivity (Wildman–Crippen MR) is 295 cm³/mol. The van der Waals surface area contributed by atoms with Crippen LogP contribution in [0.4, 0.5) is 0 Å². The molecule has 0 aliphatic heterocycles. The van der Waals surface area contributed by atoms with E-state index in [9.17, 15) is 10.5 Å². The van der Waals surface area contributed by atoms with Crippen molar-refractivity contribution in [1.29, 1.82) is 10.5 Å². The maximum Gasteiger partial charge on any atom is 0.128 e. The molecule has 14 rings (SSSR count). The molecule has 0 N–H and O–H groups in total. The van der Waals surface area contributed by atoms with Gasteiger partial charge in [-0.05, 0) is 257 Å². The second-order valence-electron chi connectivity index (χ2n) is 19.6. The number of hydrogen-bond donors (Lipinski definition) is 0. The van der Waals surface area contributed by atoms with E-state index >= 15 is 0 Å². The van der Waals surface area contributed by atoms with Crippen molar-refractivity contribution in [2.24, 2.45) is 0 Å². The van der Waals surface area contributed by atoms with E-state index in [1.165, 1.54) is 10.9 Å². The van der Waals surface area contributed by atoms with Crippen molar-refractivity contribution in [3.8, 4) is 102 Å². The second-order valence-corrected chi connectivity index (χ2v) is 19.6. The van der Waals surface area contributed by atoms with Crippen LogP contribution < -0.4 is 9.47 Å². The average molecular weight is 919 g/mol. The van der Waals surface area contributed by atoms with Crippen LogP contribution in [0.2, 0.25) is 0 Å². The Morgan fingerprint density at radius 3 is 1.40 bits per heavy atom. The molecule has 12 aromatic carbocycles. The van der Waals surface area contributed by atoms with Crippen LogP contribution in [0.15, 0.2) is 182 Å². The minimum atomic E-state index is 0.631. The van der Waals surface area contributed by atoms with E-state index in [1.54, 1.807) is 0 Å². The number of aryl methyl sites for hydroxylation is 4. The van der Waals surface area contributed by atoms with Gasteiger partial charge in [-0.15, -0.1) is 0 Å². The number of benzene rings is 12. The van der Waals surface area contributed by atoms with Crippen molar-refractivity contribution < 1.29 is 9.47 Å². The first-order valence-electron chi connectivity index (χ1n) is 24.4. The number of nitriles is 2. The monoisotopic (exact) mass is 918 g/mol. The SMILES string of the molecule is Cc1cc(C#N)c(-c2cc3c4cc5c(c(-c6cc(C)c(C)cc6C#N)c4ccc3c3cc4c(cc23)-c2cc(Oc3ccccc3)cc3cccc-4c23)-c2cc(Oc3ccccc3)cc3cccc-5c23)cc1C. The smallest absolute Gasteiger partial charge is 0.128 e. The zero-order valence-corrected chi connectivity index (χ0v) is 40.0. The molecule has 0 saturated carbocycles. The van der Waals surface area contributed by atoms with E-state index in [-0.39, 0.29) is 0 Å². The van der Waals surface area contributed by atoms with Crippen LogP contribution >= 0.6 is 0 Å². The molecule has 0 spiro atoms. The molecule has 0 aromatic heterocycles. The summed E-state index contributed by atoms with van der Waals surface area (Å²) in [4.78, 5) is 0. The Morgan fingerprint density at radius 2 is 0.764 bits per heavy atom. The van der Waals surface area contributed by atoms with Crippen LogP contribution in [0.3, 0.4) is 0 Å². The molecular weight excluding hydrogens is 877 g/mol. The molecule has 0 bridgehead atoms. The molecule has 0 radical (unpaired) electrons. The Balaban J connectivity index is 1.10. The highest BCUT2D eigenvalue weighted by Gasteiger charge is 2.31. The molecule has 0 atom stereocenters. The molecular formula is C68H42N2O2. The van der Waals surface area contributed by atoms with Gasteiger partial charge in [0.25, 0.3) is 0 Å². The van der Waals surface area contributed by atoms with Crippen molar-refractivity contribution >= 4 is 53.9 Å². The zero-order chi connectivity index (χ0) is 48.5. The van der Waals surface area contributed by atoms with Crippen molar-refractivity contribution in [3.05, 3.63) is 215 Å². The molecule has 336 valence electrons. The summed E-state index contributed by atoms with van der Waals surface area (Å²) in [6, 6.07) is 69.3. The van der Waals surface area contributed by atoms with E-state index < -0.39 is 0 Å². The number of hydrogen-bond acceptors (Lipinski definition) is 4. The summed E-state index contributed by atoms with van der Waals surface area (Å²) in [7, 11) is 0. The lowest BCUT2D eigenvalue weighted by Gasteiger charge is -2.21. The van der Waals surface area contributed by atoms with Gasteiger partial charge in [0.1, 0.15) is 23.0 Å². The van der Waals surface area contributed by atoms with Gasteiger partial charge in [0, 0.05) is 11.1 Å². The lowest BCUT2D eigenvalue weighted by molar-refractivity contribution is 0.483. The molecule has 2 aliphatic rings. The quantitative estimate of drug-likeness (QED) is 0.156. The van der Waals surface area contributed by atoms with Crippen LogP contribution in [0.5, 0.6) is 23.0 Å². The molecule has 0 saturated heterocycles. The second kappa shape index (κ2) is 15.5. The van der Waals surface area contributed by atoms with Crippen LogP contribution in [-0.2, 0) is 0 Å². The molecule has 72 heavy (non-hydrogen) atoms. The number of ether oxygens (including phenoxy) is 2. The number of nitrogens with zero attached hydrogens (tertiary/aromatic N) is 2. The third kappa shape index (κ3) is 6.10. The van der Waals surface area contributed by atoms with Gasteiger partial charge in [0.05, 0.1) is 23.3 Å². The summed E-state index contributed by atoms with van der Waals surface area (Å²) in [5.41, 5.74) is 18.5. The van der Waals surface area contributed by atoms with Gasteiger partial charge < -0.3 is 9.47 Å². The molecule has 4 heteroatoms. The van der Waals surface area contributed by atoms with E-state index in [1.807, 2.05) is 72.8 Å². The van der Waals surface area contributed by atoms with Crippen LogP contribution in [0.25, 0.3) is 121 Å². The van der Waals surface area contributed by atoms with Gasteiger partial charge in [-0.2, -0.15) is 10.5 Å². The molecule has 0 amide bonds. The van der Waals surface area contributed by atoms with Gasteiger partial charge in [-0.3, -0.25) is 0 Å². The average Bonchev–Trinajstić information content (AvgIpc) is 3.89. The highest BCUT2D eigenvalue weighted by molar-refractivity contribution is 6.30. The molecule has 0 unspecified atom stereocenters. The van der Waals surface area contributed by atoms with Crippen LogP contribution in [0.1, 0.15) is 33.4 Å². The minimum absolute atomic E-state index is 0.631. The zero-order valence-electron chi connectivity index (χ0n) is 40.0. The largest absolute Gasteiger partial charge is 0.457 e. The fraction of sp³-hybridized carbons (Fsp3) is 0.0588. The lowest BCUT2D eigenvalue weighted by Crippen LogP contribution is -1.96. The van der Waals surface area contributed by atoms with Crippen molar-refractivity contribution in [1.82, 2.24) is 0 Å². The fourth-order valence-electron chi connectivity index (χ4n) is 11.9. The van der Waals surface area contributed by atoms with Gasteiger partial charge in [0.2, 0.25) is 0 Å². The summed E-state index contributed by atoms with van der Waals surface area (Å²) >= 11 is 0. The number of para-hydroxylation sites is 2. The van der Waals surface area contributed by atoms with E-state index in [0.717, 1.165) is 155 Å². The summed E-state index contributed by atoms with van der Waals surface area (Å²) < 4.78 is 13.1. The summed E-state index contributed by atoms with van der Waals surface area (Å²) in [6.07, 6.45) is 0. The minimum Gasteiger partial charge on any atom is -0.457 e. The molecule has 0 heterocycles. The molecule has 4 nitrogen and oxygen atoms in total. The standard InChI is InChI=1S/C68H42N2O2/c1-37-23-43(35-69)53(25-39(37)3)59-32-55-49(56-31-57-50-19-11-13-41-27-47(71-45-15-7-5-8-16-45)29-62(65(41)50)61(57)33-60(56)59)21-22-52-58(55)34-63-51-20-12-14-42-28-48(72-46-17-9-6-10-18-46)30-64(66(42)51)68(63)67(52)54-26-40(4)38(2)24-44(54)36-70/h5-34H,1-4H3. The fourth-order valence-corrected chi connectivity index (χ4v) is 11.9. The highest BCUT2D eigenvalue weighted by atomic mass is 16.5. The Kier molecular flexibility index (Phi) is 8.94. The maximum atomic E-state index is 11.0. The van der Waals surface area contributed by atoms with Crippen molar-refractivity contribution in [3.63, 3.8) is 0 Å². The first-order valence-corrected chi connectivity index (χ1v) is 24.4. The van der Waals surface area contributed by atoms with E-state index in [2.05, 4.69) is 149 Å². The number of rotatable bonds is 6. The Labute approximate surface area is 416 Å². The van der Waals surface area contributed by atoms with Gasteiger partial charge in [-0.1, -0.05) is 84.9 Å². The summed E-state index contributed by atoms with van der Waals surface area (Å²) in [6.45, 7) is 8.41. The first kappa shape index (κ1) is 41.5. The van der Waals surface area contributed by atoms with Gasteiger partial charge in [-0.25, -0.2) is 0 Å². The Hall–Kier alpha value is -9.48. The maximum absolute atomic E-state index is 11.0.